The minimum atomic E-state index is 0.118. The lowest BCUT2D eigenvalue weighted by atomic mass is 9.94. The van der Waals surface area contributed by atoms with Crippen LogP contribution >= 0.6 is 0 Å². The van der Waals surface area contributed by atoms with Crippen LogP contribution in [0.2, 0.25) is 0 Å². The van der Waals surface area contributed by atoms with Gasteiger partial charge in [-0.05, 0) is 44.9 Å². The fraction of sp³-hybridized carbons (Fsp3) is 0.571. The van der Waals surface area contributed by atoms with Crippen LogP contribution in [0.4, 0.5) is 0 Å². The molecular weight excluding hydrogens is 354 g/mol. The van der Waals surface area contributed by atoms with Crippen LogP contribution in [0.1, 0.15) is 54.0 Å². The van der Waals surface area contributed by atoms with Crippen molar-refractivity contribution in [3.63, 3.8) is 0 Å². The molecule has 1 atom stereocenters. The van der Waals surface area contributed by atoms with E-state index in [0.717, 1.165) is 75.6 Å². The number of piperidine rings is 1. The van der Waals surface area contributed by atoms with E-state index in [9.17, 15) is 4.79 Å². The first-order valence-electron chi connectivity index (χ1n) is 10.3. The molecule has 2 aromatic heterocycles. The standard InChI is InChI=1S/C21H29N5O2/c1-3-25-11-6-12-26-19(21(25)27)13-18(23-26)16-7-5-10-24(14-16)15-17-8-4-9-20(22-17)28-2/h4,8-9,13,16H,3,5-7,10-12,14-15H2,1-2H3. The molecular formula is C21H29N5O2. The highest BCUT2D eigenvalue weighted by Crippen LogP contribution is 2.28. The number of carbonyl (C=O) groups excluding carboxylic acids is 1. The number of carbonyl (C=O) groups is 1. The molecule has 1 amide bonds. The van der Waals surface area contributed by atoms with Gasteiger partial charge in [-0.15, -0.1) is 0 Å². The van der Waals surface area contributed by atoms with Gasteiger partial charge in [-0.1, -0.05) is 6.07 Å². The number of rotatable bonds is 5. The van der Waals surface area contributed by atoms with E-state index in [0.29, 0.717) is 11.8 Å². The third-order valence-corrected chi connectivity index (χ3v) is 5.78. The lowest BCUT2D eigenvalue weighted by molar-refractivity contribution is 0.0766. The molecule has 0 radical (unpaired) electrons. The van der Waals surface area contributed by atoms with Crippen molar-refractivity contribution in [2.75, 3.05) is 33.3 Å². The third kappa shape index (κ3) is 3.90. The summed E-state index contributed by atoms with van der Waals surface area (Å²) in [4.78, 5) is 21.7. The molecule has 0 N–H and O–H groups in total. The Balaban J connectivity index is 1.48. The molecule has 4 heterocycles. The van der Waals surface area contributed by atoms with Crippen LogP contribution < -0.4 is 4.74 Å². The van der Waals surface area contributed by atoms with Gasteiger partial charge in [0, 0.05) is 44.7 Å². The van der Waals surface area contributed by atoms with E-state index >= 15 is 0 Å². The van der Waals surface area contributed by atoms with Crippen LogP contribution in [0, 0.1) is 0 Å². The quantitative estimate of drug-likeness (QED) is 0.794. The molecule has 0 spiro atoms. The topological polar surface area (TPSA) is 63.5 Å². The van der Waals surface area contributed by atoms with Crippen LogP contribution in [-0.4, -0.2) is 63.8 Å². The Hall–Kier alpha value is -2.41. The number of hydrogen-bond donors (Lipinski definition) is 0. The van der Waals surface area contributed by atoms with Crippen molar-refractivity contribution in [3.05, 3.63) is 41.3 Å². The molecule has 28 heavy (non-hydrogen) atoms. The molecule has 0 bridgehead atoms. The van der Waals surface area contributed by atoms with Crippen LogP contribution in [0.25, 0.3) is 0 Å². The maximum Gasteiger partial charge on any atom is 0.272 e. The van der Waals surface area contributed by atoms with Gasteiger partial charge in [-0.2, -0.15) is 5.10 Å². The van der Waals surface area contributed by atoms with Crippen molar-refractivity contribution in [3.8, 4) is 5.88 Å². The van der Waals surface area contributed by atoms with Crippen molar-refractivity contribution in [2.45, 2.75) is 45.2 Å². The first kappa shape index (κ1) is 18.9. The molecule has 1 fully saturated rings. The summed E-state index contributed by atoms with van der Waals surface area (Å²) in [7, 11) is 1.65. The predicted molar refractivity (Wildman–Crippen MR) is 106 cm³/mol. The summed E-state index contributed by atoms with van der Waals surface area (Å²) < 4.78 is 7.17. The normalized spacial score (nSPS) is 20.7. The first-order chi connectivity index (χ1) is 13.7. The molecule has 0 aliphatic carbocycles. The zero-order chi connectivity index (χ0) is 19.5. The Morgan fingerprint density at radius 1 is 1.21 bits per heavy atom. The first-order valence-corrected chi connectivity index (χ1v) is 10.3. The summed E-state index contributed by atoms with van der Waals surface area (Å²) in [5.74, 6) is 1.14. The Labute approximate surface area is 166 Å². The van der Waals surface area contributed by atoms with Gasteiger partial charge in [0.1, 0.15) is 5.69 Å². The molecule has 7 nitrogen and oxygen atoms in total. The molecule has 7 heteroatoms. The van der Waals surface area contributed by atoms with Crippen LogP contribution in [-0.2, 0) is 13.1 Å². The molecule has 4 rings (SSSR count). The number of pyridine rings is 1. The second kappa shape index (κ2) is 8.31. The SMILES string of the molecule is CCN1CCCn2nc(C3CCCN(Cc4cccc(OC)n4)C3)cc2C1=O. The molecule has 0 saturated carbocycles. The predicted octanol–water partition coefficient (Wildman–Crippen LogP) is 2.53. The highest BCUT2D eigenvalue weighted by atomic mass is 16.5. The van der Waals surface area contributed by atoms with Crippen LogP contribution in [0.15, 0.2) is 24.3 Å². The molecule has 1 unspecified atom stereocenters. The third-order valence-electron chi connectivity index (χ3n) is 5.78. The van der Waals surface area contributed by atoms with Crippen molar-refractivity contribution in [2.24, 2.45) is 0 Å². The van der Waals surface area contributed by atoms with Gasteiger partial charge in [0.25, 0.3) is 5.91 Å². The maximum absolute atomic E-state index is 12.8. The van der Waals surface area contributed by atoms with Crippen LogP contribution in [0.5, 0.6) is 5.88 Å². The number of methoxy groups -OCH3 is 1. The Bertz CT molecular complexity index is 834. The highest BCUT2D eigenvalue weighted by molar-refractivity contribution is 5.93. The van der Waals surface area contributed by atoms with E-state index in [1.165, 1.54) is 0 Å². The number of amides is 1. The van der Waals surface area contributed by atoms with E-state index in [1.54, 1.807) is 7.11 Å². The zero-order valence-corrected chi connectivity index (χ0v) is 16.8. The second-order valence-corrected chi connectivity index (χ2v) is 7.66. The average Bonchev–Trinajstić information content (AvgIpc) is 3.09. The van der Waals surface area contributed by atoms with Crippen LogP contribution in [0.3, 0.4) is 0 Å². The van der Waals surface area contributed by atoms with Crippen molar-refractivity contribution >= 4 is 5.91 Å². The zero-order valence-electron chi connectivity index (χ0n) is 16.8. The van der Waals surface area contributed by atoms with Crippen molar-refractivity contribution in [1.29, 1.82) is 0 Å². The van der Waals surface area contributed by atoms with E-state index in [1.807, 2.05) is 40.8 Å². The summed E-state index contributed by atoms with van der Waals surface area (Å²) in [6.07, 6.45) is 3.21. The summed E-state index contributed by atoms with van der Waals surface area (Å²) >= 11 is 0. The molecule has 150 valence electrons. The Morgan fingerprint density at radius 3 is 2.93 bits per heavy atom. The number of aryl methyl sites for hydroxylation is 1. The second-order valence-electron chi connectivity index (χ2n) is 7.66. The van der Waals surface area contributed by atoms with Gasteiger partial charge in [-0.25, -0.2) is 4.98 Å². The number of hydrogen-bond acceptors (Lipinski definition) is 5. The number of aromatic nitrogens is 3. The van der Waals surface area contributed by atoms with Gasteiger partial charge in [0.15, 0.2) is 0 Å². The van der Waals surface area contributed by atoms with Gasteiger partial charge in [0.05, 0.1) is 18.5 Å². The van der Waals surface area contributed by atoms with Gasteiger partial charge < -0.3 is 9.64 Å². The van der Waals surface area contributed by atoms with Crippen molar-refractivity contribution < 1.29 is 9.53 Å². The number of likely N-dealkylation sites (tertiary alicyclic amines) is 1. The Morgan fingerprint density at radius 2 is 2.11 bits per heavy atom. The van der Waals surface area contributed by atoms with Gasteiger partial charge >= 0.3 is 0 Å². The smallest absolute Gasteiger partial charge is 0.272 e. The van der Waals surface area contributed by atoms with Crippen molar-refractivity contribution in [1.82, 2.24) is 24.6 Å². The van der Waals surface area contributed by atoms with Gasteiger partial charge in [0.2, 0.25) is 5.88 Å². The van der Waals surface area contributed by atoms with Gasteiger partial charge in [-0.3, -0.25) is 14.4 Å². The number of fused-ring (bicyclic) bond motifs is 1. The molecule has 2 aliphatic rings. The van der Waals surface area contributed by atoms with E-state index in [4.69, 9.17) is 9.84 Å². The highest BCUT2D eigenvalue weighted by Gasteiger charge is 2.28. The average molecular weight is 383 g/mol. The summed E-state index contributed by atoms with van der Waals surface area (Å²) in [5, 5.41) is 4.83. The lowest BCUT2D eigenvalue weighted by Crippen LogP contribution is -2.34. The summed E-state index contributed by atoms with van der Waals surface area (Å²) in [6.45, 7) is 7.25. The molecule has 1 saturated heterocycles. The minimum absolute atomic E-state index is 0.118. The minimum Gasteiger partial charge on any atom is -0.481 e. The fourth-order valence-corrected chi connectivity index (χ4v) is 4.28. The fourth-order valence-electron chi connectivity index (χ4n) is 4.28. The summed E-state index contributed by atoms with van der Waals surface area (Å²) in [6, 6.07) is 7.94. The lowest BCUT2D eigenvalue weighted by Gasteiger charge is -2.31. The maximum atomic E-state index is 12.8. The molecule has 0 aromatic carbocycles. The van der Waals surface area contributed by atoms with E-state index in [2.05, 4.69) is 9.88 Å². The largest absolute Gasteiger partial charge is 0.481 e. The van der Waals surface area contributed by atoms with E-state index in [-0.39, 0.29) is 5.91 Å². The number of ether oxygens (including phenoxy) is 1. The number of nitrogens with zero attached hydrogens (tertiary/aromatic N) is 5. The monoisotopic (exact) mass is 383 g/mol. The molecule has 2 aliphatic heterocycles. The summed E-state index contributed by atoms with van der Waals surface area (Å²) in [5.41, 5.74) is 2.83. The van der Waals surface area contributed by atoms with E-state index < -0.39 is 0 Å². The molecule has 2 aromatic rings. The Kier molecular flexibility index (Phi) is 5.62.